The van der Waals surface area contributed by atoms with E-state index in [-0.39, 0.29) is 11.5 Å². The highest BCUT2D eigenvalue weighted by Gasteiger charge is 2.50. The molecule has 2 aliphatic rings. The summed E-state index contributed by atoms with van der Waals surface area (Å²) in [7, 11) is 3.52. The van der Waals surface area contributed by atoms with Crippen molar-refractivity contribution in [2.75, 3.05) is 27.2 Å². The average molecular weight is 466 g/mol. The van der Waals surface area contributed by atoms with Crippen LogP contribution in [-0.4, -0.2) is 44.1 Å². The molecular formula is C29H43N3O2. The highest BCUT2D eigenvalue weighted by Crippen LogP contribution is 2.53. The Morgan fingerprint density at radius 2 is 1.82 bits per heavy atom. The second-order valence-electron chi connectivity index (χ2n) is 9.38. The third-order valence-electron chi connectivity index (χ3n) is 7.48. The molecule has 1 aliphatic heterocycles. The minimum absolute atomic E-state index is 0.0338. The molecule has 5 nitrogen and oxygen atoms in total. The minimum atomic E-state index is -0.0978. The third kappa shape index (κ3) is 5.64. The average Bonchev–Trinajstić information content (AvgIpc) is 3.42. The van der Waals surface area contributed by atoms with Crippen LogP contribution in [-0.2, 0) is 10.2 Å². The van der Waals surface area contributed by atoms with Gasteiger partial charge in [0.15, 0.2) is 0 Å². The van der Waals surface area contributed by atoms with Gasteiger partial charge in [-0.3, -0.25) is 4.79 Å². The number of hydrogen-bond acceptors (Lipinski definition) is 4. The molecule has 2 unspecified atom stereocenters. The molecule has 1 saturated carbocycles. The van der Waals surface area contributed by atoms with E-state index in [0.717, 1.165) is 44.4 Å². The van der Waals surface area contributed by atoms with Gasteiger partial charge < -0.3 is 20.7 Å². The van der Waals surface area contributed by atoms with Gasteiger partial charge in [0, 0.05) is 17.9 Å². The number of ether oxygens (including phenoxy) is 1. The predicted octanol–water partition coefficient (Wildman–Crippen LogP) is 5.20. The summed E-state index contributed by atoms with van der Waals surface area (Å²) < 4.78 is 5.88. The van der Waals surface area contributed by atoms with Crippen LogP contribution in [0.25, 0.3) is 0 Å². The quantitative estimate of drug-likeness (QED) is 0.499. The molecule has 1 heterocycles. The lowest BCUT2D eigenvalue weighted by Gasteiger charge is -2.53. The molecular weight excluding hydrogens is 422 g/mol. The zero-order valence-corrected chi connectivity index (χ0v) is 21.3. The number of likely N-dealkylation sites (tertiary alicyclic amines) is 1. The summed E-state index contributed by atoms with van der Waals surface area (Å²) >= 11 is 0. The predicted molar refractivity (Wildman–Crippen MR) is 140 cm³/mol. The Balaban J connectivity index is 0.00000158. The largest absolute Gasteiger partial charge is 0.494 e. The van der Waals surface area contributed by atoms with E-state index >= 15 is 0 Å². The molecule has 0 aromatic heterocycles. The van der Waals surface area contributed by atoms with Gasteiger partial charge in [-0.25, -0.2) is 0 Å². The Labute approximate surface area is 206 Å². The molecule has 0 radical (unpaired) electrons. The Kier molecular flexibility index (Phi) is 9.97. The standard InChI is InChI=1S/C28H38N2O2.CH5N/c1-3-32-25-16-9-11-22(21-25)27-28(18-10-20-29-2,23-12-5-4-6-13-23)19-17-26(31)30(27)24-14-7-8-15-24;1-2/h4-6,9,11-13,16,21,24,27,29H,3,7-8,10,14-15,17-20H2,1-2H3;2H2,1H3. The SMILES string of the molecule is CCOc1cccc(C2N(C3CCCC3)C(=O)CCC2(CCCNC)c2ccccc2)c1.CN. The lowest BCUT2D eigenvalue weighted by Crippen LogP contribution is -2.54. The summed E-state index contributed by atoms with van der Waals surface area (Å²) in [4.78, 5) is 15.8. The minimum Gasteiger partial charge on any atom is -0.494 e. The van der Waals surface area contributed by atoms with E-state index in [1.807, 2.05) is 20.0 Å². The number of amides is 1. The van der Waals surface area contributed by atoms with E-state index in [1.54, 1.807) is 0 Å². The van der Waals surface area contributed by atoms with Crippen molar-refractivity contribution < 1.29 is 9.53 Å². The van der Waals surface area contributed by atoms with Crippen LogP contribution in [0.4, 0.5) is 0 Å². The van der Waals surface area contributed by atoms with Crippen molar-refractivity contribution in [3.05, 3.63) is 65.7 Å². The molecule has 1 aliphatic carbocycles. The van der Waals surface area contributed by atoms with E-state index in [0.29, 0.717) is 25.0 Å². The molecule has 34 heavy (non-hydrogen) atoms. The molecule has 0 spiro atoms. The maximum absolute atomic E-state index is 13.5. The Hall–Kier alpha value is -2.37. The highest BCUT2D eigenvalue weighted by atomic mass is 16.5. The number of piperidine rings is 1. The van der Waals surface area contributed by atoms with Gasteiger partial charge in [0.25, 0.3) is 0 Å². The molecule has 4 rings (SSSR count). The van der Waals surface area contributed by atoms with Gasteiger partial charge >= 0.3 is 0 Å². The fraction of sp³-hybridized carbons (Fsp3) is 0.552. The lowest BCUT2D eigenvalue weighted by atomic mass is 9.63. The zero-order valence-electron chi connectivity index (χ0n) is 21.3. The topological polar surface area (TPSA) is 67.6 Å². The molecule has 1 saturated heterocycles. The molecule has 1 amide bonds. The van der Waals surface area contributed by atoms with Gasteiger partial charge in [0.1, 0.15) is 5.75 Å². The summed E-state index contributed by atoms with van der Waals surface area (Å²) in [6.45, 7) is 3.65. The number of nitrogens with two attached hydrogens (primary N) is 1. The van der Waals surface area contributed by atoms with Gasteiger partial charge in [-0.15, -0.1) is 0 Å². The summed E-state index contributed by atoms with van der Waals surface area (Å²) in [5.41, 5.74) is 6.97. The fourth-order valence-corrected chi connectivity index (χ4v) is 6.08. The van der Waals surface area contributed by atoms with E-state index in [1.165, 1.54) is 31.0 Å². The van der Waals surface area contributed by atoms with Crippen LogP contribution in [0.15, 0.2) is 54.6 Å². The summed E-state index contributed by atoms with van der Waals surface area (Å²) in [6.07, 6.45) is 8.34. The van der Waals surface area contributed by atoms with Gasteiger partial charge in [-0.1, -0.05) is 55.3 Å². The zero-order chi connectivity index (χ0) is 24.4. The maximum atomic E-state index is 13.5. The van der Waals surface area contributed by atoms with Gasteiger partial charge in [-0.2, -0.15) is 0 Å². The first-order valence-corrected chi connectivity index (χ1v) is 13.0. The van der Waals surface area contributed by atoms with E-state index < -0.39 is 0 Å². The normalized spacial score (nSPS) is 22.9. The molecule has 5 heteroatoms. The van der Waals surface area contributed by atoms with Gasteiger partial charge in [-0.05, 0) is 82.9 Å². The second-order valence-corrected chi connectivity index (χ2v) is 9.38. The first-order chi connectivity index (χ1) is 16.7. The highest BCUT2D eigenvalue weighted by molar-refractivity contribution is 5.79. The van der Waals surface area contributed by atoms with Crippen LogP contribution in [0.2, 0.25) is 0 Å². The summed E-state index contributed by atoms with van der Waals surface area (Å²) in [6, 6.07) is 19.9. The maximum Gasteiger partial charge on any atom is 0.223 e. The second kappa shape index (κ2) is 12.9. The van der Waals surface area contributed by atoms with Crippen LogP contribution < -0.4 is 15.8 Å². The molecule has 2 aromatic rings. The van der Waals surface area contributed by atoms with Gasteiger partial charge in [0.2, 0.25) is 5.91 Å². The van der Waals surface area contributed by atoms with Crippen LogP contribution in [0.5, 0.6) is 5.75 Å². The summed E-state index contributed by atoms with van der Waals surface area (Å²) in [5.74, 6) is 1.22. The van der Waals surface area contributed by atoms with E-state index in [2.05, 4.69) is 64.5 Å². The number of hydrogen-bond donors (Lipinski definition) is 2. The Morgan fingerprint density at radius 1 is 1.09 bits per heavy atom. The number of rotatable bonds is 9. The first-order valence-electron chi connectivity index (χ1n) is 13.0. The van der Waals surface area contributed by atoms with Crippen molar-refractivity contribution in [2.24, 2.45) is 5.73 Å². The number of carbonyl (C=O) groups excluding carboxylic acids is 1. The van der Waals surface area contributed by atoms with Crippen molar-refractivity contribution in [3.8, 4) is 5.75 Å². The van der Waals surface area contributed by atoms with E-state index in [9.17, 15) is 4.79 Å². The molecule has 186 valence electrons. The molecule has 0 bridgehead atoms. The van der Waals surface area contributed by atoms with Crippen molar-refractivity contribution in [1.82, 2.24) is 10.2 Å². The molecule has 2 aromatic carbocycles. The summed E-state index contributed by atoms with van der Waals surface area (Å²) in [5, 5.41) is 3.33. The molecule has 2 fully saturated rings. The van der Waals surface area contributed by atoms with Crippen molar-refractivity contribution >= 4 is 5.91 Å². The number of benzene rings is 2. The Morgan fingerprint density at radius 3 is 2.50 bits per heavy atom. The number of carbonyl (C=O) groups is 1. The number of nitrogens with zero attached hydrogens (tertiary/aromatic N) is 1. The van der Waals surface area contributed by atoms with Crippen molar-refractivity contribution in [3.63, 3.8) is 0 Å². The Bertz CT molecular complexity index is 882. The van der Waals surface area contributed by atoms with Crippen LogP contribution in [0.1, 0.15) is 75.5 Å². The third-order valence-corrected chi connectivity index (χ3v) is 7.48. The monoisotopic (exact) mass is 465 g/mol. The lowest BCUT2D eigenvalue weighted by molar-refractivity contribution is -0.144. The van der Waals surface area contributed by atoms with Crippen molar-refractivity contribution in [2.45, 2.75) is 75.8 Å². The number of nitrogens with one attached hydrogen (secondary N) is 1. The first kappa shape index (κ1) is 26.2. The smallest absolute Gasteiger partial charge is 0.223 e. The molecule has 2 atom stereocenters. The van der Waals surface area contributed by atoms with Crippen LogP contribution in [0.3, 0.4) is 0 Å². The fourth-order valence-electron chi connectivity index (χ4n) is 6.08. The van der Waals surface area contributed by atoms with Crippen LogP contribution >= 0.6 is 0 Å². The van der Waals surface area contributed by atoms with E-state index in [4.69, 9.17) is 4.74 Å². The van der Waals surface area contributed by atoms with Crippen LogP contribution in [0, 0.1) is 0 Å². The van der Waals surface area contributed by atoms with Crippen molar-refractivity contribution in [1.29, 1.82) is 0 Å². The molecule has 3 N–H and O–H groups in total. The van der Waals surface area contributed by atoms with Gasteiger partial charge in [0.05, 0.1) is 12.6 Å².